The van der Waals surface area contributed by atoms with E-state index in [-0.39, 0.29) is 7.58 Å². The number of benzene rings is 4. The fourth-order valence-corrected chi connectivity index (χ4v) is 12.3. The van der Waals surface area contributed by atoms with E-state index in [9.17, 15) is 4.79 Å². The Hall–Kier alpha value is -2.71. The molecule has 4 aromatic rings. The van der Waals surface area contributed by atoms with Gasteiger partial charge >= 0.3 is 33.2 Å². The van der Waals surface area contributed by atoms with Crippen molar-refractivity contribution in [3.05, 3.63) is 121 Å². The van der Waals surface area contributed by atoms with Crippen LogP contribution < -0.4 is 27.0 Å². The van der Waals surface area contributed by atoms with Gasteiger partial charge in [0.15, 0.2) is 0 Å². The van der Waals surface area contributed by atoms with Crippen LogP contribution in [0.1, 0.15) is 72.1 Å². The zero-order valence-electron chi connectivity index (χ0n) is 32.4. The third-order valence-electron chi connectivity index (χ3n) is 9.78. The van der Waals surface area contributed by atoms with Crippen molar-refractivity contribution in [2.24, 2.45) is 11.7 Å². The van der Waals surface area contributed by atoms with E-state index in [1.165, 1.54) is 97.8 Å². The molecule has 0 saturated heterocycles. The van der Waals surface area contributed by atoms with Gasteiger partial charge in [-0.25, -0.2) is 0 Å². The largest absolute Gasteiger partial charge is 0 e. The average Bonchev–Trinajstić information content (AvgIpc) is 3.26. The molecule has 10 heteroatoms. The van der Waals surface area contributed by atoms with Crippen molar-refractivity contribution >= 4 is 66.0 Å². The minimum Gasteiger partial charge on any atom is 0 e. The SMILES string of the molecule is CN(CC[PH+](c1ccccc1)c1ccccc1)CC[PH+](c1ccccc1)c1ccccc1.NC1CCCCC1.O=C=O.O=CCC1CCCCC1.[CH-]=O.[Cl][RuH+2].[HH]. The van der Waals surface area contributed by atoms with E-state index >= 15 is 0 Å². The number of aldehydes is 1. The number of nitrogens with zero attached hydrogens (tertiary/aromatic N) is 1. The van der Waals surface area contributed by atoms with Gasteiger partial charge in [-0.3, -0.25) is 11.7 Å². The van der Waals surface area contributed by atoms with Crippen molar-refractivity contribution in [1.82, 2.24) is 4.90 Å². The normalized spacial score (nSPS) is 13.7. The first-order valence-corrected chi connectivity index (χ1v) is 25.0. The van der Waals surface area contributed by atoms with Gasteiger partial charge in [0.05, 0.1) is 49.4 Å². The van der Waals surface area contributed by atoms with Crippen molar-refractivity contribution in [2.75, 3.05) is 32.5 Å². The number of hydrogen-bond donors (Lipinski definition) is 1. The fourth-order valence-electron chi connectivity index (χ4n) is 6.88. The third-order valence-corrected chi connectivity index (χ3v) is 15.3. The second-order valence-electron chi connectivity index (χ2n) is 13.6. The van der Waals surface area contributed by atoms with Crippen molar-refractivity contribution in [2.45, 2.75) is 76.7 Å². The molecular weight excluding hydrogens is 831 g/mol. The molecule has 0 unspecified atom stereocenters. The van der Waals surface area contributed by atoms with Crippen LogP contribution in [0.5, 0.6) is 0 Å². The van der Waals surface area contributed by atoms with Crippen molar-refractivity contribution < 1.29 is 37.9 Å². The summed E-state index contributed by atoms with van der Waals surface area (Å²) in [6.07, 6.45) is 17.9. The van der Waals surface area contributed by atoms with Crippen LogP contribution in [0.3, 0.4) is 0 Å². The zero-order chi connectivity index (χ0) is 40.4. The molecule has 0 atom stereocenters. The molecule has 2 aliphatic rings. The molecule has 0 aromatic heterocycles. The molecule has 6 nitrogen and oxygen atoms in total. The summed E-state index contributed by atoms with van der Waals surface area (Å²) in [4.78, 5) is 36.6. The van der Waals surface area contributed by atoms with E-state index in [0.717, 1.165) is 31.7 Å². The molecule has 0 bridgehead atoms. The first kappa shape index (κ1) is 50.3. The molecule has 6 rings (SSSR count). The Balaban J connectivity index is 0.00000103. The number of hydrogen-bond acceptors (Lipinski definition) is 6. The van der Waals surface area contributed by atoms with E-state index in [4.69, 9.17) is 20.1 Å². The smallest absolute Gasteiger partial charge is 0 e. The molecule has 300 valence electrons. The molecule has 2 saturated carbocycles. The van der Waals surface area contributed by atoms with Crippen LogP contribution in [-0.2, 0) is 36.5 Å². The third kappa shape index (κ3) is 22.6. The van der Waals surface area contributed by atoms with Gasteiger partial charge in [-0.1, -0.05) is 124 Å². The number of carbonyl (C=O) groups is 1. The monoisotopic (exact) mass is 895 g/mol. The Kier molecular flexibility index (Phi) is 31.6. The first-order valence-electron chi connectivity index (χ1n) is 19.2. The van der Waals surface area contributed by atoms with Gasteiger partial charge < -0.3 is 15.3 Å². The quantitative estimate of drug-likeness (QED) is 0.0673. The van der Waals surface area contributed by atoms with Gasteiger partial charge in [0.25, 0.3) is 0 Å². The molecule has 0 radical (unpaired) electrons. The number of nitrogens with two attached hydrogens (primary N) is 1. The maximum absolute atomic E-state index is 10.1. The van der Waals surface area contributed by atoms with Gasteiger partial charge in [-0.05, 0) is 74.3 Å². The Morgan fingerprint density at radius 2 is 0.945 bits per heavy atom. The fraction of sp³-hybridized carbons (Fsp3) is 0.400. The van der Waals surface area contributed by atoms with Crippen LogP contribution >= 0.6 is 25.5 Å². The Labute approximate surface area is 349 Å². The number of rotatable bonds is 12. The number of carbonyl (C=O) groups excluding carboxylic acids is 4. The maximum atomic E-state index is 10.1. The van der Waals surface area contributed by atoms with Crippen molar-refractivity contribution in [1.29, 1.82) is 0 Å². The molecule has 4 aromatic carbocycles. The Morgan fingerprint density at radius 3 is 1.20 bits per heavy atom. The van der Waals surface area contributed by atoms with Crippen LogP contribution in [0.2, 0.25) is 0 Å². The summed E-state index contributed by atoms with van der Waals surface area (Å²) < 4.78 is 0. The Bertz CT molecular complexity index is 1340. The van der Waals surface area contributed by atoms with Gasteiger partial charge in [0.1, 0.15) is 6.29 Å². The molecule has 55 heavy (non-hydrogen) atoms. The second kappa shape index (κ2) is 34.5. The maximum Gasteiger partial charge on any atom is 0 e. The predicted molar refractivity (Wildman–Crippen MR) is 238 cm³/mol. The first-order chi connectivity index (χ1) is 27.0. The second-order valence-corrected chi connectivity index (χ2v) is 18.8. The van der Waals surface area contributed by atoms with Crippen molar-refractivity contribution in [3.63, 3.8) is 0 Å². The van der Waals surface area contributed by atoms with Crippen LogP contribution in [0.25, 0.3) is 0 Å². The van der Waals surface area contributed by atoms with E-state index in [1.54, 1.807) is 17.3 Å². The van der Waals surface area contributed by atoms with Gasteiger partial charge in [-0.2, -0.15) is 9.59 Å². The summed E-state index contributed by atoms with van der Waals surface area (Å²) in [6, 6.07) is 45.0. The molecule has 0 heterocycles. The summed E-state index contributed by atoms with van der Waals surface area (Å²) in [5, 5.41) is 6.04. The average molecular weight is 895 g/mol. The van der Waals surface area contributed by atoms with E-state index in [1.807, 2.05) is 0 Å². The van der Waals surface area contributed by atoms with E-state index < -0.39 is 15.8 Å². The predicted octanol–water partition coefficient (Wildman–Crippen LogP) is 7.89. The topological polar surface area (TPSA) is 97.5 Å². The van der Waals surface area contributed by atoms with Crippen LogP contribution in [0.15, 0.2) is 121 Å². The Morgan fingerprint density at radius 1 is 0.655 bits per heavy atom. The molecule has 0 amide bonds. The molecule has 2 N–H and O–H groups in total. The number of halogens is 1. The zero-order valence-corrected chi connectivity index (χ0v) is 37.0. The standard InChI is InChI=1S/C29H31NP2.C8H14O.C6H13N.CO2.CHO.ClH.Ru.H2.H/c1-30(22-24-31(26-14-6-2-7-15-26)27-16-8-3-9-17-27)23-25-32(28-18-10-4-11-19-28)29-20-12-5-13-21-29;9-7-6-8-4-2-1-3-5-8;7-6-4-2-1-3-5-6;2-1-3;1-2;;;;/h2-21H,22-25H2,1H3;7-8H,1-6H2;6H,1-5,7H2;;1H;1H;;1H;/q;;;;-1;;+3;;/p+1. The van der Waals surface area contributed by atoms with Crippen LogP contribution in [0, 0.1) is 5.92 Å². The summed E-state index contributed by atoms with van der Waals surface area (Å²) in [7, 11) is 5.37. The molecule has 2 aliphatic carbocycles. The summed E-state index contributed by atoms with van der Waals surface area (Å²) in [5.41, 5.74) is 5.63. The van der Waals surface area contributed by atoms with Gasteiger partial charge in [-0.15, -0.1) is 0 Å². The summed E-state index contributed by atoms with van der Waals surface area (Å²) in [6.45, 7) is 5.52. The summed E-state index contributed by atoms with van der Waals surface area (Å²) >= 11 is 1.62. The van der Waals surface area contributed by atoms with Crippen LogP contribution in [-0.4, -0.2) is 62.6 Å². The van der Waals surface area contributed by atoms with E-state index in [0.29, 0.717) is 6.04 Å². The van der Waals surface area contributed by atoms with Gasteiger partial charge in [0, 0.05) is 27.0 Å². The van der Waals surface area contributed by atoms with Crippen molar-refractivity contribution in [3.8, 4) is 0 Å². The summed E-state index contributed by atoms with van der Waals surface area (Å²) in [5.74, 6) is 0.733. The molecule has 0 spiro atoms. The minimum absolute atomic E-state index is 0. The molecule has 0 aliphatic heterocycles. The minimum atomic E-state index is -0.769. The molecular formula is C45H64ClN2O4P2Ru+3. The van der Waals surface area contributed by atoms with Gasteiger partial charge in [0.2, 0.25) is 0 Å². The van der Waals surface area contributed by atoms with E-state index in [2.05, 4.69) is 150 Å². The van der Waals surface area contributed by atoms with Crippen LogP contribution in [0.4, 0.5) is 0 Å². The molecule has 2 fully saturated rings.